The van der Waals surface area contributed by atoms with Crippen LogP contribution in [0.25, 0.3) is 0 Å². The van der Waals surface area contributed by atoms with Crippen LogP contribution in [0.3, 0.4) is 0 Å². The number of aliphatic hydroxyl groups excluding tert-OH is 1. The summed E-state index contributed by atoms with van der Waals surface area (Å²) < 4.78 is 17.7. The Bertz CT molecular complexity index is 400. The molecule has 0 saturated carbocycles. The van der Waals surface area contributed by atoms with Crippen molar-refractivity contribution in [1.82, 2.24) is 5.32 Å². The number of ether oxygens (including phenoxy) is 1. The van der Waals surface area contributed by atoms with Crippen LogP contribution in [0, 0.1) is 0 Å². The summed E-state index contributed by atoms with van der Waals surface area (Å²) in [5.74, 6) is -1.12. The summed E-state index contributed by atoms with van der Waals surface area (Å²) in [5, 5.41) is 20.7. The molecule has 0 unspecified atom stereocenters. The van der Waals surface area contributed by atoms with Gasteiger partial charge in [0.05, 0.1) is 27.9 Å². The van der Waals surface area contributed by atoms with Crippen molar-refractivity contribution in [1.29, 1.82) is 0 Å². The van der Waals surface area contributed by atoms with E-state index in [0.717, 1.165) is 6.42 Å². The van der Waals surface area contributed by atoms with E-state index in [1.165, 1.54) is 0 Å². The first-order valence-electron chi connectivity index (χ1n) is 5.95. The van der Waals surface area contributed by atoms with Crippen molar-refractivity contribution in [3.05, 3.63) is 10.6 Å². The quantitative estimate of drug-likeness (QED) is 0.663. The Balaban J connectivity index is 2.22. The molecule has 102 valence electrons. The Morgan fingerprint density at radius 1 is 1.67 bits per heavy atom. The minimum absolute atomic E-state index is 0.0223. The van der Waals surface area contributed by atoms with Crippen LogP contribution >= 0.6 is 0 Å². The highest BCUT2D eigenvalue weighted by Crippen LogP contribution is 2.31. The SMILES string of the molecule is C[C@@H](O)C[C@@H]1NC(C(=O)O)=C([C@H]2CCCO2)[S@]1=O. The zero-order valence-electron chi connectivity index (χ0n) is 10.1. The highest BCUT2D eigenvalue weighted by atomic mass is 32.2. The van der Waals surface area contributed by atoms with E-state index in [0.29, 0.717) is 17.9 Å². The van der Waals surface area contributed by atoms with Crippen LogP contribution in [-0.2, 0) is 20.3 Å². The lowest BCUT2D eigenvalue weighted by Crippen LogP contribution is -2.31. The molecule has 0 aliphatic carbocycles. The molecule has 0 bridgehead atoms. The number of hydrogen-bond donors (Lipinski definition) is 3. The fourth-order valence-corrected chi connectivity index (χ4v) is 4.01. The van der Waals surface area contributed by atoms with Gasteiger partial charge in [-0.25, -0.2) is 4.79 Å². The summed E-state index contributed by atoms with van der Waals surface area (Å²) in [5.41, 5.74) is -0.0223. The van der Waals surface area contributed by atoms with Gasteiger partial charge in [0, 0.05) is 13.0 Å². The van der Waals surface area contributed by atoms with Gasteiger partial charge in [-0.05, 0) is 19.8 Å². The predicted molar refractivity (Wildman–Crippen MR) is 65.0 cm³/mol. The van der Waals surface area contributed by atoms with Crippen molar-refractivity contribution in [2.24, 2.45) is 0 Å². The molecule has 0 aromatic heterocycles. The summed E-state index contributed by atoms with van der Waals surface area (Å²) in [6, 6.07) is 0. The number of rotatable bonds is 4. The molecular weight excluding hydrogens is 258 g/mol. The van der Waals surface area contributed by atoms with Gasteiger partial charge in [-0.15, -0.1) is 0 Å². The van der Waals surface area contributed by atoms with Crippen molar-refractivity contribution in [2.75, 3.05) is 6.61 Å². The Morgan fingerprint density at radius 3 is 2.89 bits per heavy atom. The first-order valence-corrected chi connectivity index (χ1v) is 7.16. The Labute approximate surface area is 107 Å². The van der Waals surface area contributed by atoms with E-state index < -0.39 is 28.2 Å². The summed E-state index contributed by atoms with van der Waals surface area (Å²) in [6.45, 7) is 2.16. The molecule has 7 heteroatoms. The van der Waals surface area contributed by atoms with E-state index in [4.69, 9.17) is 9.84 Å². The standard InChI is InChI=1S/C11H17NO5S/c1-6(13)5-8-12-9(11(14)15)10(18(8)16)7-3-2-4-17-7/h6-8,12-13H,2-5H2,1H3,(H,14,15)/t6-,7-,8-,18+/m1/s1. The van der Waals surface area contributed by atoms with E-state index >= 15 is 0 Å². The van der Waals surface area contributed by atoms with Gasteiger partial charge in [-0.3, -0.25) is 4.21 Å². The molecule has 0 amide bonds. The van der Waals surface area contributed by atoms with Crippen molar-refractivity contribution < 1.29 is 24.0 Å². The molecule has 1 saturated heterocycles. The zero-order valence-corrected chi connectivity index (χ0v) is 10.9. The van der Waals surface area contributed by atoms with Gasteiger partial charge in [0.2, 0.25) is 0 Å². The number of carboxylic acid groups (broad SMARTS) is 1. The molecule has 4 atom stereocenters. The summed E-state index contributed by atoms with van der Waals surface area (Å²) in [7, 11) is -1.46. The largest absolute Gasteiger partial charge is 0.477 e. The van der Waals surface area contributed by atoms with E-state index in [9.17, 15) is 14.1 Å². The number of carboxylic acids is 1. The van der Waals surface area contributed by atoms with Gasteiger partial charge in [-0.2, -0.15) is 0 Å². The van der Waals surface area contributed by atoms with Crippen molar-refractivity contribution in [3.63, 3.8) is 0 Å². The summed E-state index contributed by atoms with van der Waals surface area (Å²) in [6.07, 6.45) is 0.786. The number of hydrogen-bond acceptors (Lipinski definition) is 5. The second kappa shape index (κ2) is 5.38. The van der Waals surface area contributed by atoms with Crippen molar-refractivity contribution in [3.8, 4) is 0 Å². The molecule has 1 fully saturated rings. The maximum absolute atomic E-state index is 12.3. The lowest BCUT2D eigenvalue weighted by atomic mass is 10.2. The van der Waals surface area contributed by atoms with Crippen LogP contribution in [-0.4, -0.2) is 44.6 Å². The van der Waals surface area contributed by atoms with Gasteiger partial charge in [0.1, 0.15) is 11.1 Å². The lowest BCUT2D eigenvalue weighted by molar-refractivity contribution is -0.133. The second-order valence-corrected chi connectivity index (χ2v) is 6.16. The maximum atomic E-state index is 12.3. The third kappa shape index (κ3) is 2.57. The molecule has 0 radical (unpaired) electrons. The van der Waals surface area contributed by atoms with E-state index in [1.54, 1.807) is 6.92 Å². The fraction of sp³-hybridized carbons (Fsp3) is 0.727. The summed E-state index contributed by atoms with van der Waals surface area (Å²) >= 11 is 0. The van der Waals surface area contributed by atoms with E-state index in [1.807, 2.05) is 0 Å². The highest BCUT2D eigenvalue weighted by molar-refractivity contribution is 7.90. The van der Waals surface area contributed by atoms with Gasteiger partial charge < -0.3 is 20.3 Å². The second-order valence-electron chi connectivity index (χ2n) is 4.56. The molecule has 2 aliphatic heterocycles. The van der Waals surface area contributed by atoms with Crippen LogP contribution in [0.15, 0.2) is 10.6 Å². The molecule has 3 N–H and O–H groups in total. The van der Waals surface area contributed by atoms with Gasteiger partial charge in [0.25, 0.3) is 0 Å². The molecule has 2 heterocycles. The van der Waals surface area contributed by atoms with Gasteiger partial charge >= 0.3 is 5.97 Å². The van der Waals surface area contributed by atoms with Gasteiger partial charge in [0.15, 0.2) is 0 Å². The van der Waals surface area contributed by atoms with Crippen molar-refractivity contribution >= 4 is 16.8 Å². The van der Waals surface area contributed by atoms with Gasteiger partial charge in [-0.1, -0.05) is 0 Å². The number of aliphatic carboxylic acids is 1. The summed E-state index contributed by atoms with van der Waals surface area (Å²) in [4.78, 5) is 11.5. The first kappa shape index (κ1) is 13.5. The monoisotopic (exact) mass is 275 g/mol. The molecular formula is C11H17NO5S. The van der Waals surface area contributed by atoms with Crippen LogP contribution in [0.4, 0.5) is 0 Å². The van der Waals surface area contributed by atoms with Crippen LogP contribution in [0.5, 0.6) is 0 Å². The predicted octanol–water partition coefficient (Wildman–Crippen LogP) is -0.0895. The number of nitrogens with one attached hydrogen (secondary N) is 1. The normalized spacial score (nSPS) is 33.6. The molecule has 2 rings (SSSR count). The van der Waals surface area contributed by atoms with E-state index in [-0.39, 0.29) is 18.2 Å². The van der Waals surface area contributed by atoms with E-state index in [2.05, 4.69) is 5.32 Å². The molecule has 0 aromatic carbocycles. The molecule has 2 aliphatic rings. The van der Waals surface area contributed by atoms with Crippen molar-refractivity contribution in [2.45, 2.75) is 43.8 Å². The Hall–Kier alpha value is -0.920. The number of aliphatic hydroxyl groups is 1. The molecule has 0 spiro atoms. The minimum Gasteiger partial charge on any atom is -0.477 e. The van der Waals surface area contributed by atoms with Crippen LogP contribution in [0.1, 0.15) is 26.2 Å². The van der Waals surface area contributed by atoms with Crippen LogP contribution < -0.4 is 5.32 Å². The third-order valence-electron chi connectivity index (χ3n) is 3.02. The Kier molecular flexibility index (Phi) is 4.04. The molecule has 0 aromatic rings. The Morgan fingerprint density at radius 2 is 2.39 bits per heavy atom. The topological polar surface area (TPSA) is 95.9 Å². The number of carbonyl (C=O) groups is 1. The first-order chi connectivity index (χ1) is 8.50. The zero-order chi connectivity index (χ0) is 13.3. The molecule has 6 nitrogen and oxygen atoms in total. The smallest absolute Gasteiger partial charge is 0.353 e. The molecule has 18 heavy (non-hydrogen) atoms. The lowest BCUT2D eigenvalue weighted by Gasteiger charge is -2.14. The fourth-order valence-electron chi connectivity index (χ4n) is 2.24. The average molecular weight is 275 g/mol. The van der Waals surface area contributed by atoms with Crippen LogP contribution in [0.2, 0.25) is 0 Å². The third-order valence-corrected chi connectivity index (χ3v) is 4.75. The average Bonchev–Trinajstić information content (AvgIpc) is 2.87. The maximum Gasteiger partial charge on any atom is 0.353 e. The minimum atomic E-state index is -1.46. The highest BCUT2D eigenvalue weighted by Gasteiger charge is 2.40.